The Labute approximate surface area is 136 Å². The van der Waals surface area contributed by atoms with E-state index in [2.05, 4.69) is 19.2 Å². The van der Waals surface area contributed by atoms with Gasteiger partial charge in [0, 0.05) is 22.4 Å². The first kappa shape index (κ1) is 17.8. The number of benzene rings is 1. The molecule has 0 bridgehead atoms. The summed E-state index contributed by atoms with van der Waals surface area (Å²) in [5.74, 6) is -0.658. The van der Waals surface area contributed by atoms with E-state index in [4.69, 9.17) is 28.3 Å². The molecule has 0 aliphatic carbocycles. The second kappa shape index (κ2) is 8.94. The molecule has 0 spiro atoms. The van der Waals surface area contributed by atoms with Gasteiger partial charge in [0.05, 0.1) is 0 Å². The van der Waals surface area contributed by atoms with Crippen molar-refractivity contribution in [2.75, 3.05) is 0 Å². The molecule has 0 aliphatic rings. The Hall–Kier alpha value is -1.21. The molecule has 1 aromatic carbocycles. The van der Waals surface area contributed by atoms with E-state index in [0.29, 0.717) is 16.5 Å². The van der Waals surface area contributed by atoms with E-state index in [1.54, 1.807) is 12.1 Å². The number of halogens is 2. The maximum Gasteiger partial charge on any atom is 0.303 e. The van der Waals surface area contributed by atoms with Crippen molar-refractivity contribution in [1.82, 2.24) is 0 Å². The highest BCUT2D eigenvalue weighted by Crippen LogP contribution is 2.34. The summed E-state index contributed by atoms with van der Waals surface area (Å²) in [6.07, 6.45) is 4.56. The maximum atomic E-state index is 11.0. The van der Waals surface area contributed by atoms with Gasteiger partial charge in [0.1, 0.15) is 0 Å². The number of allylic oxidation sites excluding steroid dienone is 1. The Morgan fingerprint density at radius 3 is 2.71 bits per heavy atom. The second-order valence-corrected chi connectivity index (χ2v) is 5.98. The van der Waals surface area contributed by atoms with Crippen molar-refractivity contribution >= 4 is 29.2 Å². The van der Waals surface area contributed by atoms with Crippen LogP contribution in [0.5, 0.6) is 0 Å². The van der Waals surface area contributed by atoms with Gasteiger partial charge in [0.15, 0.2) is 0 Å². The van der Waals surface area contributed by atoms with Crippen molar-refractivity contribution in [2.24, 2.45) is 5.92 Å². The van der Waals surface area contributed by atoms with Crippen LogP contribution in [0.15, 0.2) is 36.6 Å². The molecule has 2 atom stereocenters. The van der Waals surface area contributed by atoms with Crippen LogP contribution in [0, 0.1) is 5.92 Å². The third-order valence-corrected chi connectivity index (χ3v) is 3.99. The lowest BCUT2D eigenvalue weighted by atomic mass is 9.85. The average molecular weight is 327 g/mol. The van der Waals surface area contributed by atoms with E-state index >= 15 is 0 Å². The van der Waals surface area contributed by atoms with Crippen LogP contribution in [-0.4, -0.2) is 11.1 Å². The minimum atomic E-state index is -0.767. The van der Waals surface area contributed by atoms with Crippen molar-refractivity contribution < 1.29 is 9.90 Å². The Kier molecular flexibility index (Phi) is 7.60. The lowest BCUT2D eigenvalue weighted by molar-refractivity contribution is -0.138. The largest absolute Gasteiger partial charge is 0.481 e. The minimum Gasteiger partial charge on any atom is -0.481 e. The molecule has 1 N–H and O–H groups in total. The van der Waals surface area contributed by atoms with Gasteiger partial charge in [0.2, 0.25) is 0 Å². The molecule has 1 rings (SSSR count). The first-order valence-electron chi connectivity index (χ1n) is 7.00. The molecule has 0 radical (unpaired) electrons. The molecule has 4 heteroatoms. The molecule has 21 heavy (non-hydrogen) atoms. The first-order chi connectivity index (χ1) is 9.97. The van der Waals surface area contributed by atoms with Gasteiger partial charge in [-0.1, -0.05) is 55.6 Å². The Morgan fingerprint density at radius 2 is 2.19 bits per heavy atom. The van der Waals surface area contributed by atoms with Crippen LogP contribution in [-0.2, 0) is 4.79 Å². The van der Waals surface area contributed by atoms with Gasteiger partial charge in [-0.2, -0.15) is 0 Å². The topological polar surface area (TPSA) is 37.3 Å². The molecule has 2 nitrogen and oxygen atoms in total. The Balaban J connectivity index is 2.99. The summed E-state index contributed by atoms with van der Waals surface area (Å²) in [5.41, 5.74) is 3.73. The summed E-state index contributed by atoms with van der Waals surface area (Å²) in [5, 5.41) is 10.2. The molecule has 0 amide bonds. The summed E-state index contributed by atoms with van der Waals surface area (Å²) >= 11 is 12.2. The summed E-state index contributed by atoms with van der Waals surface area (Å²) in [7, 11) is 0. The number of hydrogen-bond acceptors (Lipinski definition) is 1. The van der Waals surface area contributed by atoms with Crippen LogP contribution in [0.25, 0.3) is 0 Å². The Bertz CT molecular complexity index is 534. The highest BCUT2D eigenvalue weighted by atomic mass is 35.5. The molecule has 114 valence electrons. The fraction of sp³-hybridized carbons (Fsp3) is 0.412. The zero-order valence-corrected chi connectivity index (χ0v) is 13.6. The van der Waals surface area contributed by atoms with Crippen molar-refractivity contribution in [1.29, 1.82) is 0 Å². The van der Waals surface area contributed by atoms with Crippen molar-refractivity contribution in [3.05, 3.63) is 52.2 Å². The van der Waals surface area contributed by atoms with Crippen LogP contribution in [0.2, 0.25) is 10.0 Å². The van der Waals surface area contributed by atoms with Crippen LogP contribution in [0.1, 0.15) is 44.1 Å². The van der Waals surface area contributed by atoms with E-state index < -0.39 is 5.97 Å². The van der Waals surface area contributed by atoms with E-state index in [9.17, 15) is 4.79 Å². The number of carboxylic acid groups (broad SMARTS) is 1. The zero-order chi connectivity index (χ0) is 15.8. The fourth-order valence-corrected chi connectivity index (χ4v) is 3.10. The SMILES string of the molecule is C=C=CC(CC(CCC)CC(=O)O)c1ccc(Cl)cc1Cl. The van der Waals surface area contributed by atoms with E-state index in [-0.39, 0.29) is 18.3 Å². The Morgan fingerprint density at radius 1 is 1.48 bits per heavy atom. The standard InChI is InChI=1S/C17H20Cl2O2/c1-3-5-12(10-17(20)21)9-13(6-4-2)15-8-7-14(18)11-16(15)19/h6-8,11-13H,2-3,5,9-10H2,1H3,(H,20,21). The summed E-state index contributed by atoms with van der Waals surface area (Å²) < 4.78 is 0. The van der Waals surface area contributed by atoms with Crippen molar-refractivity contribution in [3.8, 4) is 0 Å². The number of rotatable bonds is 8. The summed E-state index contributed by atoms with van der Waals surface area (Å²) in [6, 6.07) is 5.38. The first-order valence-corrected chi connectivity index (χ1v) is 7.76. The van der Waals surface area contributed by atoms with Crippen molar-refractivity contribution in [3.63, 3.8) is 0 Å². The minimum absolute atomic E-state index is 0.00293. The summed E-state index contributed by atoms with van der Waals surface area (Å²) in [6.45, 7) is 5.68. The van der Waals surface area contributed by atoms with Gasteiger partial charge in [-0.25, -0.2) is 0 Å². The fourth-order valence-electron chi connectivity index (χ4n) is 2.55. The highest BCUT2D eigenvalue weighted by Gasteiger charge is 2.20. The normalized spacial score (nSPS) is 13.3. The van der Waals surface area contributed by atoms with Gasteiger partial charge in [0.25, 0.3) is 0 Å². The summed E-state index contributed by atoms with van der Waals surface area (Å²) in [4.78, 5) is 11.0. The second-order valence-electron chi connectivity index (χ2n) is 5.13. The lowest BCUT2D eigenvalue weighted by Crippen LogP contribution is -2.11. The van der Waals surface area contributed by atoms with Gasteiger partial charge < -0.3 is 5.11 Å². The van der Waals surface area contributed by atoms with Gasteiger partial charge in [-0.05, 0) is 36.1 Å². The molecule has 0 aliphatic heterocycles. The molecule has 1 aromatic rings. The van der Waals surface area contributed by atoms with E-state index in [1.165, 1.54) is 0 Å². The number of carboxylic acids is 1. The maximum absolute atomic E-state index is 11.0. The van der Waals surface area contributed by atoms with Crippen LogP contribution in [0.3, 0.4) is 0 Å². The zero-order valence-electron chi connectivity index (χ0n) is 12.1. The smallest absolute Gasteiger partial charge is 0.303 e. The molecule has 0 aromatic heterocycles. The molecule has 0 fully saturated rings. The molecule has 0 saturated heterocycles. The van der Waals surface area contributed by atoms with Crippen molar-refractivity contribution in [2.45, 2.75) is 38.5 Å². The van der Waals surface area contributed by atoms with Gasteiger partial charge in [-0.15, -0.1) is 5.73 Å². The lowest BCUT2D eigenvalue weighted by Gasteiger charge is -2.21. The van der Waals surface area contributed by atoms with Crippen LogP contribution in [0.4, 0.5) is 0 Å². The molecule has 0 heterocycles. The van der Waals surface area contributed by atoms with Gasteiger partial charge >= 0.3 is 5.97 Å². The quantitative estimate of drug-likeness (QED) is 0.622. The predicted octanol–water partition coefficient (Wildman–Crippen LogP) is 5.70. The molecular weight excluding hydrogens is 307 g/mol. The number of carbonyl (C=O) groups is 1. The highest BCUT2D eigenvalue weighted by molar-refractivity contribution is 6.35. The van der Waals surface area contributed by atoms with Crippen LogP contribution < -0.4 is 0 Å². The third kappa shape index (κ3) is 5.97. The molecule has 2 unspecified atom stereocenters. The molecular formula is C17H20Cl2O2. The van der Waals surface area contributed by atoms with Crippen LogP contribution >= 0.6 is 23.2 Å². The number of aliphatic carboxylic acids is 1. The van der Waals surface area contributed by atoms with E-state index in [1.807, 2.05) is 12.1 Å². The van der Waals surface area contributed by atoms with E-state index in [0.717, 1.165) is 18.4 Å². The predicted molar refractivity (Wildman–Crippen MR) is 88.2 cm³/mol. The molecule has 0 saturated carbocycles. The monoisotopic (exact) mass is 326 g/mol. The third-order valence-electron chi connectivity index (χ3n) is 3.43. The van der Waals surface area contributed by atoms with Gasteiger partial charge in [-0.3, -0.25) is 4.79 Å². The average Bonchev–Trinajstić information content (AvgIpc) is 2.38. The number of hydrogen-bond donors (Lipinski definition) is 1.